The molecule has 1 aliphatic heterocycles. The smallest absolute Gasteiger partial charge is 0.202 e. The van der Waals surface area contributed by atoms with E-state index >= 15 is 0 Å². The Bertz CT molecular complexity index is 784. The van der Waals surface area contributed by atoms with E-state index < -0.39 is 23.7 Å². The molecule has 1 heterocycles. The maximum atomic E-state index is 12.3. The summed E-state index contributed by atoms with van der Waals surface area (Å²) in [6.45, 7) is 0. The second-order valence-electron chi connectivity index (χ2n) is 5.12. The van der Waals surface area contributed by atoms with E-state index in [0.717, 1.165) is 6.07 Å². The minimum atomic E-state index is -1.55. The fourth-order valence-corrected chi connectivity index (χ4v) is 2.54. The molecule has 2 atom stereocenters. The molecule has 7 nitrogen and oxygen atoms in total. The minimum Gasteiger partial charge on any atom is -0.508 e. The number of aromatic hydroxyl groups is 3. The van der Waals surface area contributed by atoms with Gasteiger partial charge in [0.15, 0.2) is 23.7 Å². The Morgan fingerprint density at radius 2 is 1.83 bits per heavy atom. The number of hydrogen-bond acceptors (Lipinski definition) is 7. The average molecular weight is 318 g/mol. The Morgan fingerprint density at radius 3 is 2.52 bits per heavy atom. The van der Waals surface area contributed by atoms with Crippen molar-refractivity contribution in [2.45, 2.75) is 12.2 Å². The van der Waals surface area contributed by atoms with E-state index in [2.05, 4.69) is 0 Å². The molecule has 0 aromatic heterocycles. The summed E-state index contributed by atoms with van der Waals surface area (Å²) >= 11 is 0. The zero-order valence-electron chi connectivity index (χ0n) is 12.1. The van der Waals surface area contributed by atoms with Crippen LogP contribution in [0.5, 0.6) is 28.7 Å². The predicted molar refractivity (Wildman–Crippen MR) is 78.1 cm³/mol. The molecule has 3 rings (SSSR count). The normalized spacial score (nSPS) is 19.8. The SMILES string of the molecule is COc1cc([C@H]2Oc3cc(O)cc(O)c3C(=O)[C@H]2O)ccc1O. The van der Waals surface area contributed by atoms with Crippen molar-refractivity contribution in [3.63, 3.8) is 0 Å². The lowest BCUT2D eigenvalue weighted by Crippen LogP contribution is -2.36. The Morgan fingerprint density at radius 1 is 1.09 bits per heavy atom. The highest BCUT2D eigenvalue weighted by molar-refractivity contribution is 6.05. The van der Waals surface area contributed by atoms with Gasteiger partial charge in [-0.05, 0) is 17.7 Å². The lowest BCUT2D eigenvalue weighted by molar-refractivity contribution is 0.0210. The summed E-state index contributed by atoms with van der Waals surface area (Å²) in [6, 6.07) is 6.45. The van der Waals surface area contributed by atoms with Crippen molar-refractivity contribution in [3.8, 4) is 28.7 Å². The zero-order valence-corrected chi connectivity index (χ0v) is 12.1. The fourth-order valence-electron chi connectivity index (χ4n) is 2.54. The molecule has 0 unspecified atom stereocenters. The third kappa shape index (κ3) is 2.40. The van der Waals surface area contributed by atoms with Crippen LogP contribution in [-0.4, -0.2) is 39.4 Å². The van der Waals surface area contributed by atoms with Gasteiger partial charge in [-0.25, -0.2) is 0 Å². The van der Waals surface area contributed by atoms with Gasteiger partial charge < -0.3 is 29.9 Å². The first-order chi connectivity index (χ1) is 10.9. The maximum absolute atomic E-state index is 12.3. The molecule has 2 aromatic rings. The number of aliphatic hydroxyl groups is 1. The molecular weight excluding hydrogens is 304 g/mol. The minimum absolute atomic E-state index is 0.0326. The van der Waals surface area contributed by atoms with Crippen LogP contribution in [0, 0.1) is 0 Å². The van der Waals surface area contributed by atoms with E-state index in [1.54, 1.807) is 0 Å². The van der Waals surface area contributed by atoms with Crippen LogP contribution in [0.1, 0.15) is 22.0 Å². The van der Waals surface area contributed by atoms with Gasteiger partial charge in [0.2, 0.25) is 5.78 Å². The molecule has 0 bridgehead atoms. The summed E-state index contributed by atoms with van der Waals surface area (Å²) in [7, 11) is 1.37. The highest BCUT2D eigenvalue weighted by Gasteiger charge is 2.39. The number of hydrogen-bond donors (Lipinski definition) is 4. The monoisotopic (exact) mass is 318 g/mol. The van der Waals surface area contributed by atoms with Gasteiger partial charge in [0.25, 0.3) is 0 Å². The van der Waals surface area contributed by atoms with Gasteiger partial charge in [-0.3, -0.25) is 4.79 Å². The third-order valence-electron chi connectivity index (χ3n) is 3.65. The zero-order chi connectivity index (χ0) is 16.7. The number of carbonyl (C=O) groups excluding carboxylic acids is 1. The molecule has 7 heteroatoms. The van der Waals surface area contributed by atoms with Crippen molar-refractivity contribution in [2.24, 2.45) is 0 Å². The Labute approximate surface area is 131 Å². The van der Waals surface area contributed by atoms with E-state index in [9.17, 15) is 25.2 Å². The molecule has 0 fully saturated rings. The van der Waals surface area contributed by atoms with Gasteiger partial charge in [0, 0.05) is 12.1 Å². The molecule has 23 heavy (non-hydrogen) atoms. The van der Waals surface area contributed by atoms with E-state index in [0.29, 0.717) is 5.56 Å². The van der Waals surface area contributed by atoms with Crippen LogP contribution in [0.25, 0.3) is 0 Å². The number of phenolic OH excluding ortho intramolecular Hbond substituents is 3. The molecule has 120 valence electrons. The average Bonchev–Trinajstić information content (AvgIpc) is 2.50. The molecule has 0 spiro atoms. The predicted octanol–water partition coefficient (Wildman–Crippen LogP) is 1.49. The Kier molecular flexibility index (Phi) is 3.49. The second-order valence-corrected chi connectivity index (χ2v) is 5.12. The number of ketones is 1. The summed E-state index contributed by atoms with van der Waals surface area (Å²) in [5, 5.41) is 39.1. The first-order valence-electron chi connectivity index (χ1n) is 6.74. The number of methoxy groups -OCH3 is 1. The van der Waals surface area contributed by atoms with Crippen LogP contribution in [0.4, 0.5) is 0 Å². The van der Waals surface area contributed by atoms with Crippen molar-refractivity contribution in [1.82, 2.24) is 0 Å². The summed E-state index contributed by atoms with van der Waals surface area (Å²) in [6.07, 6.45) is -2.61. The molecule has 0 aliphatic carbocycles. The van der Waals surface area contributed by atoms with Crippen molar-refractivity contribution in [3.05, 3.63) is 41.5 Å². The van der Waals surface area contributed by atoms with Gasteiger partial charge in [-0.1, -0.05) is 6.07 Å². The quantitative estimate of drug-likeness (QED) is 0.663. The van der Waals surface area contributed by atoms with Gasteiger partial charge in [-0.2, -0.15) is 0 Å². The van der Waals surface area contributed by atoms with E-state index in [4.69, 9.17) is 9.47 Å². The molecular formula is C16H14O7. The number of carbonyl (C=O) groups is 1. The van der Waals surface area contributed by atoms with Crippen molar-refractivity contribution in [1.29, 1.82) is 0 Å². The molecule has 0 saturated heterocycles. The molecule has 0 saturated carbocycles. The number of ether oxygens (including phenoxy) is 2. The highest BCUT2D eigenvalue weighted by atomic mass is 16.5. The van der Waals surface area contributed by atoms with E-state index in [1.807, 2.05) is 0 Å². The van der Waals surface area contributed by atoms with Crippen LogP contribution >= 0.6 is 0 Å². The van der Waals surface area contributed by atoms with Crippen LogP contribution in [0.3, 0.4) is 0 Å². The topological polar surface area (TPSA) is 116 Å². The number of Topliss-reactive ketones (excluding diaryl/α,β-unsaturated/α-hetero) is 1. The van der Waals surface area contributed by atoms with Crippen LogP contribution in [0.15, 0.2) is 30.3 Å². The molecule has 2 aromatic carbocycles. The van der Waals surface area contributed by atoms with Gasteiger partial charge in [-0.15, -0.1) is 0 Å². The molecule has 4 N–H and O–H groups in total. The first kappa shape index (κ1) is 15.0. The molecule has 0 radical (unpaired) electrons. The van der Waals surface area contributed by atoms with Crippen LogP contribution < -0.4 is 9.47 Å². The largest absolute Gasteiger partial charge is 0.508 e. The van der Waals surface area contributed by atoms with Crippen molar-refractivity contribution >= 4 is 5.78 Å². The summed E-state index contributed by atoms with van der Waals surface area (Å²) in [4.78, 5) is 12.3. The molecule has 0 amide bonds. The highest BCUT2D eigenvalue weighted by Crippen LogP contribution is 2.42. The Balaban J connectivity index is 2.07. The van der Waals surface area contributed by atoms with Crippen LogP contribution in [-0.2, 0) is 0 Å². The Hall–Kier alpha value is -2.93. The van der Waals surface area contributed by atoms with Gasteiger partial charge in [0.05, 0.1) is 7.11 Å². The molecule has 1 aliphatic rings. The summed E-state index contributed by atoms with van der Waals surface area (Å²) < 4.78 is 10.6. The van der Waals surface area contributed by atoms with Gasteiger partial charge >= 0.3 is 0 Å². The van der Waals surface area contributed by atoms with E-state index in [-0.39, 0.29) is 28.6 Å². The number of rotatable bonds is 2. The van der Waals surface area contributed by atoms with Gasteiger partial charge in [0.1, 0.15) is 22.8 Å². The van der Waals surface area contributed by atoms with Crippen LogP contribution in [0.2, 0.25) is 0 Å². The maximum Gasteiger partial charge on any atom is 0.202 e. The number of benzene rings is 2. The number of fused-ring (bicyclic) bond motifs is 1. The van der Waals surface area contributed by atoms with Crippen molar-refractivity contribution < 1.29 is 34.7 Å². The first-order valence-corrected chi connectivity index (χ1v) is 6.74. The second kappa shape index (κ2) is 5.36. The summed E-state index contributed by atoms with van der Waals surface area (Å²) in [5.74, 6) is -1.42. The third-order valence-corrected chi connectivity index (χ3v) is 3.65. The summed E-state index contributed by atoms with van der Waals surface area (Å²) in [5.41, 5.74) is 0.214. The fraction of sp³-hybridized carbons (Fsp3) is 0.188. The lowest BCUT2D eigenvalue weighted by Gasteiger charge is -2.30. The number of phenols is 3. The lowest BCUT2D eigenvalue weighted by atomic mass is 9.92. The van der Waals surface area contributed by atoms with E-state index in [1.165, 1.54) is 31.4 Å². The van der Waals surface area contributed by atoms with Crippen molar-refractivity contribution in [2.75, 3.05) is 7.11 Å². The standard InChI is InChI=1S/C16H14O7/c1-22-11-4-7(2-3-9(11)18)16-15(21)14(20)13-10(19)5-8(17)6-12(13)23-16/h2-6,15-19,21H,1H3/t15-,16-/m1/s1. The number of aliphatic hydroxyl groups excluding tert-OH is 1.